The van der Waals surface area contributed by atoms with Gasteiger partial charge in [-0.2, -0.15) is 13.2 Å². The van der Waals surface area contributed by atoms with Crippen molar-refractivity contribution in [1.82, 2.24) is 0 Å². The fourth-order valence-corrected chi connectivity index (χ4v) is 10.6. The zero-order valence-corrected chi connectivity index (χ0v) is 25.5. The van der Waals surface area contributed by atoms with Crippen molar-refractivity contribution in [3.05, 3.63) is 0 Å². The number of esters is 2. The maximum absolute atomic E-state index is 14.6. The van der Waals surface area contributed by atoms with Gasteiger partial charge in [0.25, 0.3) is 0 Å². The van der Waals surface area contributed by atoms with Crippen molar-refractivity contribution in [1.29, 1.82) is 0 Å². The molecule has 0 aromatic rings. The van der Waals surface area contributed by atoms with Gasteiger partial charge in [0.05, 0.1) is 0 Å². The van der Waals surface area contributed by atoms with Crippen molar-refractivity contribution in [2.24, 2.45) is 46.3 Å². The Kier molecular flexibility index (Phi) is 8.50. The normalized spacial score (nSPS) is 42.3. The topological polar surface area (TPSA) is 72.8 Å². The van der Waals surface area contributed by atoms with Crippen LogP contribution in [0.4, 0.5) is 13.2 Å². The fourth-order valence-electron chi connectivity index (χ4n) is 10.6. The van der Waals surface area contributed by atoms with Crippen LogP contribution in [0, 0.1) is 46.3 Å². The van der Waals surface area contributed by atoms with Crippen molar-refractivity contribution in [3.8, 4) is 0 Å². The Morgan fingerprint density at radius 1 is 0.925 bits per heavy atom. The first-order valence-electron chi connectivity index (χ1n) is 15.5. The Bertz CT molecular complexity index is 965. The van der Waals surface area contributed by atoms with E-state index in [1.165, 1.54) is 6.92 Å². The quantitative estimate of drug-likeness (QED) is 0.318. The smallest absolute Gasteiger partial charge is 0.421 e. The van der Waals surface area contributed by atoms with Crippen LogP contribution in [-0.2, 0) is 19.1 Å². The fraction of sp³-hybridized carbons (Fsp3) is 0.938. The van der Waals surface area contributed by atoms with Gasteiger partial charge in [0.1, 0.15) is 11.7 Å². The third-order valence-corrected chi connectivity index (χ3v) is 12.2. The van der Waals surface area contributed by atoms with Gasteiger partial charge in [0, 0.05) is 19.8 Å². The largest absolute Gasteiger partial charge is 0.460 e. The summed E-state index contributed by atoms with van der Waals surface area (Å²) in [6.45, 7) is 13.3. The summed E-state index contributed by atoms with van der Waals surface area (Å²) in [6, 6.07) is 0. The molecular formula is C32H51F3O5. The number of carbonyl (C=O) groups excluding carboxylic acids is 2. The van der Waals surface area contributed by atoms with Gasteiger partial charge < -0.3 is 14.6 Å². The molecule has 0 radical (unpaired) electrons. The Hall–Kier alpha value is -1.31. The van der Waals surface area contributed by atoms with E-state index in [0.717, 1.165) is 51.9 Å². The van der Waals surface area contributed by atoms with E-state index in [0.29, 0.717) is 42.9 Å². The van der Waals surface area contributed by atoms with E-state index < -0.39 is 40.8 Å². The second kappa shape index (κ2) is 10.8. The third kappa shape index (κ3) is 5.32. The number of halogens is 3. The molecule has 0 aromatic heterocycles. The minimum Gasteiger partial charge on any atom is -0.460 e. The van der Waals surface area contributed by atoms with Gasteiger partial charge in [0.15, 0.2) is 0 Å². The van der Waals surface area contributed by atoms with E-state index in [1.807, 2.05) is 20.8 Å². The highest BCUT2D eigenvalue weighted by atomic mass is 19.4. The highest BCUT2D eigenvalue weighted by molar-refractivity contribution is 5.66. The molecule has 230 valence electrons. The molecule has 4 rings (SSSR count). The Labute approximate surface area is 238 Å². The molecule has 4 aliphatic rings. The van der Waals surface area contributed by atoms with Gasteiger partial charge in [0.2, 0.25) is 5.60 Å². The summed E-state index contributed by atoms with van der Waals surface area (Å²) in [7, 11) is 0. The lowest BCUT2D eigenvalue weighted by molar-refractivity contribution is -0.347. The second-order valence-corrected chi connectivity index (χ2v) is 14.9. The second-order valence-electron chi connectivity index (χ2n) is 14.9. The zero-order chi connectivity index (χ0) is 29.9. The number of carbonyl (C=O) groups is 2. The van der Waals surface area contributed by atoms with Gasteiger partial charge >= 0.3 is 18.1 Å². The molecule has 1 unspecified atom stereocenters. The molecule has 1 N–H and O–H groups in total. The van der Waals surface area contributed by atoms with E-state index >= 15 is 0 Å². The number of fused-ring (bicyclic) bond motifs is 5. The van der Waals surface area contributed by atoms with Crippen LogP contribution in [0.1, 0.15) is 119 Å². The lowest BCUT2D eigenvalue weighted by Gasteiger charge is -2.64. The zero-order valence-electron chi connectivity index (χ0n) is 25.5. The molecule has 4 fully saturated rings. The van der Waals surface area contributed by atoms with Gasteiger partial charge in [-0.15, -0.1) is 0 Å². The minimum atomic E-state index is -4.87. The number of hydrogen-bond donors (Lipinski definition) is 1. The summed E-state index contributed by atoms with van der Waals surface area (Å²) in [5, 5.41) is 11.4. The molecule has 4 saturated carbocycles. The average Bonchev–Trinajstić information content (AvgIpc) is 3.16. The number of aliphatic hydroxyl groups is 1. The Morgan fingerprint density at radius 3 is 2.15 bits per heavy atom. The molecule has 0 bridgehead atoms. The van der Waals surface area contributed by atoms with Gasteiger partial charge in [-0.1, -0.05) is 27.2 Å². The lowest BCUT2D eigenvalue weighted by atomic mass is 9.42. The van der Waals surface area contributed by atoms with E-state index in [1.54, 1.807) is 0 Å². The van der Waals surface area contributed by atoms with Crippen LogP contribution in [-0.4, -0.2) is 40.5 Å². The lowest BCUT2D eigenvalue weighted by Crippen LogP contribution is -2.70. The molecule has 0 saturated heterocycles. The molecule has 0 spiro atoms. The minimum absolute atomic E-state index is 0.0388. The van der Waals surface area contributed by atoms with Crippen LogP contribution < -0.4 is 0 Å². The summed E-state index contributed by atoms with van der Waals surface area (Å²) >= 11 is 0. The molecule has 4 aliphatic carbocycles. The Morgan fingerprint density at radius 2 is 1.55 bits per heavy atom. The maximum atomic E-state index is 14.6. The van der Waals surface area contributed by atoms with Crippen LogP contribution in [0.5, 0.6) is 0 Å². The van der Waals surface area contributed by atoms with Gasteiger partial charge in [-0.25, -0.2) is 0 Å². The van der Waals surface area contributed by atoms with E-state index in [9.17, 15) is 27.9 Å². The van der Waals surface area contributed by atoms with Crippen molar-refractivity contribution in [3.63, 3.8) is 0 Å². The van der Waals surface area contributed by atoms with Crippen molar-refractivity contribution in [2.75, 3.05) is 0 Å². The van der Waals surface area contributed by atoms with Gasteiger partial charge in [-0.3, -0.25) is 9.59 Å². The summed E-state index contributed by atoms with van der Waals surface area (Å²) in [6.07, 6.45) is 2.21. The van der Waals surface area contributed by atoms with E-state index in [2.05, 4.69) is 13.8 Å². The van der Waals surface area contributed by atoms with Crippen molar-refractivity contribution < 1.29 is 37.3 Å². The molecule has 8 heteroatoms. The third-order valence-electron chi connectivity index (χ3n) is 12.2. The summed E-state index contributed by atoms with van der Waals surface area (Å²) in [5.41, 5.74) is -3.95. The predicted octanol–water partition coefficient (Wildman–Crippen LogP) is 7.63. The highest BCUT2D eigenvalue weighted by Crippen LogP contribution is 2.70. The van der Waals surface area contributed by atoms with Gasteiger partial charge in [-0.05, 0) is 118 Å². The first-order chi connectivity index (χ1) is 18.4. The highest BCUT2D eigenvalue weighted by Gasteiger charge is 2.73. The number of alkyl halides is 3. The van der Waals surface area contributed by atoms with Crippen LogP contribution in [0.3, 0.4) is 0 Å². The maximum Gasteiger partial charge on any atom is 0.421 e. The summed E-state index contributed by atoms with van der Waals surface area (Å²) in [5.74, 6) is 0.0866. The molecule has 0 aliphatic heterocycles. The van der Waals surface area contributed by atoms with Crippen LogP contribution in [0.15, 0.2) is 0 Å². The van der Waals surface area contributed by atoms with Crippen LogP contribution in [0.2, 0.25) is 0 Å². The molecular weight excluding hydrogens is 521 g/mol. The monoisotopic (exact) mass is 572 g/mol. The standard InChI is InChI=1S/C32H51F3O5/c1-19(9-8-16-28(4,5)40-21(3)37)23-11-12-24-22-10-13-26-30(7,25(22)14-17-29(23,24)6)18-15-27(39-20(2)36)31(26,38)32(33,34)35/h19,22-27,38H,8-18H2,1-7H3/t19-,22+,23-,24+,25+,26-,27+,29-,30-,31?/m1/s1. The molecule has 40 heavy (non-hydrogen) atoms. The molecule has 5 nitrogen and oxygen atoms in total. The van der Waals surface area contributed by atoms with E-state index in [-0.39, 0.29) is 23.7 Å². The number of rotatable bonds is 7. The number of ether oxygens (including phenoxy) is 2. The first-order valence-corrected chi connectivity index (χ1v) is 15.5. The molecule has 0 amide bonds. The van der Waals surface area contributed by atoms with Crippen LogP contribution in [0.25, 0.3) is 0 Å². The summed E-state index contributed by atoms with van der Waals surface area (Å²) < 4.78 is 54.3. The number of hydrogen-bond acceptors (Lipinski definition) is 5. The van der Waals surface area contributed by atoms with Crippen molar-refractivity contribution >= 4 is 11.9 Å². The average molecular weight is 573 g/mol. The van der Waals surface area contributed by atoms with Crippen LogP contribution >= 0.6 is 0 Å². The SMILES string of the molecule is CC(=O)O[C@H]1CC[C@]2(C)[C@H]3CC[C@]4(C)[C@@H]([C@H](C)CCCC(C)(C)OC(C)=O)CC[C@H]4[C@@H]3CC[C@H]2C1(O)C(F)(F)F. The Balaban J connectivity index is 1.49. The summed E-state index contributed by atoms with van der Waals surface area (Å²) in [4.78, 5) is 23.1. The van der Waals surface area contributed by atoms with E-state index in [4.69, 9.17) is 9.47 Å². The van der Waals surface area contributed by atoms with Crippen molar-refractivity contribution in [2.45, 2.75) is 143 Å². The molecule has 0 heterocycles. The molecule has 0 aromatic carbocycles. The predicted molar refractivity (Wildman–Crippen MR) is 146 cm³/mol. The first kappa shape index (κ1) is 31.6. The molecule has 10 atom stereocenters.